The van der Waals surface area contributed by atoms with Crippen LogP contribution in [0.15, 0.2) is 42.0 Å². The van der Waals surface area contributed by atoms with Crippen LogP contribution in [0.25, 0.3) is 0 Å². The van der Waals surface area contributed by atoms with Crippen molar-refractivity contribution >= 4 is 11.9 Å². The van der Waals surface area contributed by atoms with Gasteiger partial charge in [-0.2, -0.15) is 0 Å². The van der Waals surface area contributed by atoms with Gasteiger partial charge in [-0.15, -0.1) is 0 Å². The molecule has 0 bridgehead atoms. The number of carbonyl (C=O) groups is 2. The summed E-state index contributed by atoms with van der Waals surface area (Å²) in [5, 5.41) is 0. The van der Waals surface area contributed by atoms with E-state index in [0.29, 0.717) is 13.0 Å². The number of hydrogen-bond acceptors (Lipinski definition) is 4. The molecular weight excluding hydrogens is 282 g/mol. The molecule has 5 heteroatoms. The highest BCUT2D eigenvalue weighted by Gasteiger charge is 2.46. The number of carbonyl (C=O) groups excluding carboxylic acids is 2. The quantitative estimate of drug-likeness (QED) is 0.757. The van der Waals surface area contributed by atoms with Gasteiger partial charge in [0.25, 0.3) is 0 Å². The highest BCUT2D eigenvalue weighted by Crippen LogP contribution is 2.37. The molecule has 1 aromatic rings. The molecule has 0 spiro atoms. The van der Waals surface area contributed by atoms with Crippen LogP contribution in [0.1, 0.15) is 25.3 Å². The third kappa shape index (κ3) is 3.04. The maximum Gasteiger partial charge on any atom is 0.305 e. The van der Waals surface area contributed by atoms with Gasteiger partial charge in [0.2, 0.25) is 5.91 Å². The molecule has 1 heterocycles. The standard InChI is InChI=1S/C17H21NO4/c1-13-11-15(19)18(12-14-7-5-4-6-8-14)17(13,22-3)10-9-16(20)21-2/h4-8,11H,9-10,12H2,1-3H3. The number of benzene rings is 1. The van der Waals surface area contributed by atoms with Gasteiger partial charge in [0, 0.05) is 26.2 Å². The molecule has 22 heavy (non-hydrogen) atoms. The van der Waals surface area contributed by atoms with Crippen molar-refractivity contribution in [1.29, 1.82) is 0 Å². The minimum absolute atomic E-state index is 0.104. The molecule has 1 aromatic carbocycles. The third-order valence-corrected chi connectivity index (χ3v) is 4.08. The fraction of sp³-hybridized carbons (Fsp3) is 0.412. The summed E-state index contributed by atoms with van der Waals surface area (Å²) in [5.74, 6) is -0.420. The van der Waals surface area contributed by atoms with Crippen molar-refractivity contribution in [2.45, 2.75) is 32.0 Å². The molecule has 0 aliphatic carbocycles. The maximum atomic E-state index is 12.3. The van der Waals surface area contributed by atoms with Crippen LogP contribution in [-0.4, -0.2) is 36.7 Å². The maximum absolute atomic E-state index is 12.3. The number of methoxy groups -OCH3 is 2. The van der Waals surface area contributed by atoms with Gasteiger partial charge in [0.05, 0.1) is 13.5 Å². The van der Waals surface area contributed by atoms with Crippen molar-refractivity contribution in [2.24, 2.45) is 0 Å². The lowest BCUT2D eigenvalue weighted by Crippen LogP contribution is -2.49. The number of esters is 1. The zero-order valence-corrected chi connectivity index (χ0v) is 13.2. The topological polar surface area (TPSA) is 55.8 Å². The Morgan fingerprint density at radius 3 is 2.50 bits per heavy atom. The number of amides is 1. The van der Waals surface area contributed by atoms with E-state index < -0.39 is 5.72 Å². The number of ether oxygens (including phenoxy) is 2. The Labute approximate surface area is 130 Å². The third-order valence-electron chi connectivity index (χ3n) is 4.08. The van der Waals surface area contributed by atoms with E-state index in [1.807, 2.05) is 37.3 Å². The van der Waals surface area contributed by atoms with E-state index in [2.05, 4.69) is 0 Å². The number of rotatable bonds is 6. The van der Waals surface area contributed by atoms with Gasteiger partial charge in [-0.1, -0.05) is 30.3 Å². The molecule has 5 nitrogen and oxygen atoms in total. The summed E-state index contributed by atoms with van der Waals surface area (Å²) in [4.78, 5) is 25.5. The lowest BCUT2D eigenvalue weighted by Gasteiger charge is -2.39. The summed E-state index contributed by atoms with van der Waals surface area (Å²) in [7, 11) is 2.91. The second-order valence-corrected chi connectivity index (χ2v) is 5.30. The van der Waals surface area contributed by atoms with E-state index in [9.17, 15) is 9.59 Å². The van der Waals surface area contributed by atoms with Crippen LogP contribution in [-0.2, 0) is 25.6 Å². The first-order chi connectivity index (χ1) is 10.5. The van der Waals surface area contributed by atoms with Crippen LogP contribution < -0.4 is 0 Å². The predicted molar refractivity (Wildman–Crippen MR) is 81.7 cm³/mol. The fourth-order valence-corrected chi connectivity index (χ4v) is 2.82. The first-order valence-corrected chi connectivity index (χ1v) is 7.20. The molecule has 1 atom stereocenters. The van der Waals surface area contributed by atoms with Crippen LogP contribution in [0.4, 0.5) is 0 Å². The van der Waals surface area contributed by atoms with E-state index in [1.165, 1.54) is 7.11 Å². The van der Waals surface area contributed by atoms with E-state index >= 15 is 0 Å². The number of nitrogens with zero attached hydrogens (tertiary/aromatic N) is 1. The Morgan fingerprint density at radius 1 is 1.23 bits per heavy atom. The second kappa shape index (κ2) is 6.75. The highest BCUT2D eigenvalue weighted by atomic mass is 16.5. The molecule has 0 aromatic heterocycles. The normalized spacial score (nSPS) is 21.0. The minimum atomic E-state index is -0.888. The highest BCUT2D eigenvalue weighted by molar-refractivity contribution is 5.92. The smallest absolute Gasteiger partial charge is 0.305 e. The SMILES string of the molecule is COC(=O)CCC1(OC)C(C)=CC(=O)N1Cc1ccccc1. The minimum Gasteiger partial charge on any atom is -0.469 e. The van der Waals surface area contributed by atoms with Crippen molar-refractivity contribution in [3.63, 3.8) is 0 Å². The van der Waals surface area contributed by atoms with Gasteiger partial charge < -0.3 is 14.4 Å². The Balaban J connectivity index is 2.24. The van der Waals surface area contributed by atoms with Gasteiger partial charge in [-0.3, -0.25) is 9.59 Å². The van der Waals surface area contributed by atoms with Crippen LogP contribution in [0.2, 0.25) is 0 Å². The molecule has 1 aliphatic heterocycles. The van der Waals surface area contributed by atoms with Crippen molar-refractivity contribution in [3.05, 3.63) is 47.5 Å². The van der Waals surface area contributed by atoms with Crippen molar-refractivity contribution in [2.75, 3.05) is 14.2 Å². The van der Waals surface area contributed by atoms with Crippen LogP contribution in [0, 0.1) is 0 Å². The largest absolute Gasteiger partial charge is 0.469 e. The Morgan fingerprint density at radius 2 is 1.91 bits per heavy atom. The molecule has 2 rings (SSSR count). The average Bonchev–Trinajstić information content (AvgIpc) is 2.77. The molecule has 0 fully saturated rings. The predicted octanol–water partition coefficient (Wildman–Crippen LogP) is 2.27. The molecule has 1 unspecified atom stereocenters. The van der Waals surface area contributed by atoms with Gasteiger partial charge in [-0.05, 0) is 18.1 Å². The first-order valence-electron chi connectivity index (χ1n) is 7.20. The first kappa shape index (κ1) is 16.2. The van der Waals surface area contributed by atoms with E-state index in [-0.39, 0.29) is 18.3 Å². The molecule has 1 amide bonds. The number of hydrogen-bond donors (Lipinski definition) is 0. The molecule has 0 saturated carbocycles. The summed E-state index contributed by atoms with van der Waals surface area (Å²) in [6, 6.07) is 9.71. The van der Waals surface area contributed by atoms with Crippen LogP contribution >= 0.6 is 0 Å². The second-order valence-electron chi connectivity index (χ2n) is 5.30. The monoisotopic (exact) mass is 303 g/mol. The fourth-order valence-electron chi connectivity index (χ4n) is 2.82. The Kier molecular flexibility index (Phi) is 4.98. The Bertz CT molecular complexity index is 582. The molecule has 0 radical (unpaired) electrons. The average molecular weight is 303 g/mol. The van der Waals surface area contributed by atoms with Crippen molar-refractivity contribution in [3.8, 4) is 0 Å². The van der Waals surface area contributed by atoms with E-state index in [4.69, 9.17) is 9.47 Å². The lowest BCUT2D eigenvalue weighted by molar-refractivity contribution is -0.157. The summed E-state index contributed by atoms with van der Waals surface area (Å²) < 4.78 is 10.4. The summed E-state index contributed by atoms with van der Waals surface area (Å²) >= 11 is 0. The summed E-state index contributed by atoms with van der Waals surface area (Å²) in [6.45, 7) is 2.28. The van der Waals surface area contributed by atoms with Gasteiger partial charge >= 0.3 is 5.97 Å². The molecule has 1 aliphatic rings. The van der Waals surface area contributed by atoms with E-state index in [1.54, 1.807) is 18.1 Å². The van der Waals surface area contributed by atoms with Crippen molar-refractivity contribution in [1.82, 2.24) is 4.90 Å². The lowest BCUT2D eigenvalue weighted by atomic mass is 9.99. The zero-order chi connectivity index (χ0) is 16.2. The molecule has 0 N–H and O–H groups in total. The molecule has 0 saturated heterocycles. The van der Waals surface area contributed by atoms with Crippen LogP contribution in [0.5, 0.6) is 0 Å². The van der Waals surface area contributed by atoms with Crippen molar-refractivity contribution < 1.29 is 19.1 Å². The van der Waals surface area contributed by atoms with Gasteiger partial charge in [0.1, 0.15) is 0 Å². The Hall–Kier alpha value is -2.14. The summed E-state index contributed by atoms with van der Waals surface area (Å²) in [5.41, 5.74) is 0.930. The zero-order valence-electron chi connectivity index (χ0n) is 13.2. The molecule has 118 valence electrons. The van der Waals surface area contributed by atoms with Crippen LogP contribution in [0.3, 0.4) is 0 Å². The van der Waals surface area contributed by atoms with Gasteiger partial charge in [0.15, 0.2) is 5.72 Å². The van der Waals surface area contributed by atoms with E-state index in [0.717, 1.165) is 11.1 Å². The molecular formula is C17H21NO4. The van der Waals surface area contributed by atoms with Gasteiger partial charge in [-0.25, -0.2) is 0 Å². The summed E-state index contributed by atoms with van der Waals surface area (Å²) in [6.07, 6.45) is 2.13.